The van der Waals surface area contributed by atoms with Crippen molar-refractivity contribution in [3.63, 3.8) is 0 Å². The van der Waals surface area contributed by atoms with E-state index in [9.17, 15) is 14.4 Å². The van der Waals surface area contributed by atoms with Gasteiger partial charge in [0.15, 0.2) is 11.4 Å². The van der Waals surface area contributed by atoms with E-state index in [4.69, 9.17) is 10.2 Å². The second-order valence-corrected chi connectivity index (χ2v) is 7.60. The average molecular weight is 447 g/mol. The molecular formula is C24H25N5O4. The number of para-hydroxylation sites is 1. The Morgan fingerprint density at radius 2 is 1.97 bits per heavy atom. The number of amides is 1. The predicted octanol–water partition coefficient (Wildman–Crippen LogP) is 3.39. The van der Waals surface area contributed by atoms with Crippen LogP contribution in [0.2, 0.25) is 0 Å². The van der Waals surface area contributed by atoms with E-state index < -0.39 is 17.2 Å². The van der Waals surface area contributed by atoms with Crippen molar-refractivity contribution in [3.05, 3.63) is 75.1 Å². The number of nitrogen functional groups attached to an aromatic ring is 1. The number of benzene rings is 1. The second-order valence-electron chi connectivity index (χ2n) is 7.60. The van der Waals surface area contributed by atoms with Crippen LogP contribution in [0.15, 0.2) is 62.7 Å². The summed E-state index contributed by atoms with van der Waals surface area (Å²) in [5.74, 6) is 0.0575. The molecule has 0 radical (unpaired) electrons. The fraction of sp³-hybridized carbons (Fsp3) is 0.250. The lowest BCUT2D eigenvalue weighted by molar-refractivity contribution is 0.0989. The first-order valence-electron chi connectivity index (χ1n) is 10.8. The Kier molecular flexibility index (Phi) is 6.12. The van der Waals surface area contributed by atoms with Crippen LogP contribution in [-0.2, 0) is 6.54 Å². The highest BCUT2D eigenvalue weighted by atomic mass is 16.3. The minimum Gasteiger partial charge on any atom is -0.463 e. The smallest absolute Gasteiger partial charge is 0.330 e. The number of hydrogen-bond acceptors (Lipinski definition) is 6. The molecule has 0 aliphatic rings. The van der Waals surface area contributed by atoms with Gasteiger partial charge in [-0.1, -0.05) is 31.5 Å². The zero-order valence-corrected chi connectivity index (χ0v) is 18.5. The maximum atomic E-state index is 13.8. The van der Waals surface area contributed by atoms with Gasteiger partial charge in [-0.25, -0.2) is 9.78 Å². The lowest BCUT2D eigenvalue weighted by atomic mass is 10.0. The number of hydrogen-bond donors (Lipinski definition) is 2. The molecule has 0 bridgehead atoms. The topological polar surface area (TPSA) is 127 Å². The number of nitrogens with zero attached hydrogens (tertiary/aromatic N) is 3. The molecule has 0 aliphatic heterocycles. The standard InChI is InChI=1S/C24H25N5O4/c1-3-5-12-29-21(25)20(22(30)27-24(29)32)28(4-2)23(31)16-14-18(19-11-8-13-33-19)26-17-10-7-6-9-15(16)17/h6-11,13-14H,3-5,12,25H2,1-2H3,(H,27,30,32). The van der Waals surface area contributed by atoms with Crippen molar-refractivity contribution >= 4 is 28.3 Å². The van der Waals surface area contributed by atoms with Crippen molar-refractivity contribution in [2.75, 3.05) is 17.2 Å². The number of nitrogens with two attached hydrogens (primary N) is 1. The van der Waals surface area contributed by atoms with E-state index in [1.807, 2.05) is 19.1 Å². The number of pyridine rings is 1. The first kappa shape index (κ1) is 22.1. The molecule has 3 aromatic heterocycles. The third-order valence-corrected chi connectivity index (χ3v) is 5.50. The summed E-state index contributed by atoms with van der Waals surface area (Å²) in [6.45, 7) is 4.25. The van der Waals surface area contributed by atoms with Crippen molar-refractivity contribution in [3.8, 4) is 11.5 Å². The molecule has 0 atom stereocenters. The number of H-pyrrole nitrogens is 1. The maximum Gasteiger partial charge on any atom is 0.330 e. The van der Waals surface area contributed by atoms with Gasteiger partial charge in [0, 0.05) is 18.5 Å². The third kappa shape index (κ3) is 4.05. The average Bonchev–Trinajstić information content (AvgIpc) is 3.35. The highest BCUT2D eigenvalue weighted by Crippen LogP contribution is 2.28. The third-order valence-electron chi connectivity index (χ3n) is 5.50. The zero-order chi connectivity index (χ0) is 23.5. The number of furan rings is 1. The van der Waals surface area contributed by atoms with Gasteiger partial charge in [0.2, 0.25) is 0 Å². The molecule has 0 unspecified atom stereocenters. The number of fused-ring (bicyclic) bond motifs is 1. The van der Waals surface area contributed by atoms with Crippen molar-refractivity contribution in [2.45, 2.75) is 33.2 Å². The molecule has 4 rings (SSSR count). The summed E-state index contributed by atoms with van der Waals surface area (Å²) in [6.07, 6.45) is 3.08. The Morgan fingerprint density at radius 1 is 1.18 bits per heavy atom. The molecule has 0 spiro atoms. The van der Waals surface area contributed by atoms with Crippen LogP contribution >= 0.6 is 0 Å². The van der Waals surface area contributed by atoms with E-state index in [0.717, 1.165) is 6.42 Å². The van der Waals surface area contributed by atoms with Gasteiger partial charge in [-0.2, -0.15) is 0 Å². The highest BCUT2D eigenvalue weighted by Gasteiger charge is 2.26. The van der Waals surface area contributed by atoms with Crippen LogP contribution < -0.4 is 21.9 Å². The van der Waals surface area contributed by atoms with Gasteiger partial charge in [0.1, 0.15) is 11.5 Å². The number of carbonyl (C=O) groups is 1. The zero-order valence-electron chi connectivity index (χ0n) is 18.5. The van der Waals surface area contributed by atoms with Crippen LogP contribution in [0.4, 0.5) is 11.5 Å². The van der Waals surface area contributed by atoms with Gasteiger partial charge < -0.3 is 15.1 Å². The molecule has 9 heteroatoms. The second kappa shape index (κ2) is 9.15. The number of anilines is 2. The number of rotatable bonds is 7. The van der Waals surface area contributed by atoms with E-state index in [1.165, 1.54) is 15.7 Å². The van der Waals surface area contributed by atoms with E-state index in [-0.39, 0.29) is 18.1 Å². The lowest BCUT2D eigenvalue weighted by Gasteiger charge is -2.24. The molecule has 0 saturated carbocycles. The summed E-state index contributed by atoms with van der Waals surface area (Å²) < 4.78 is 6.78. The largest absolute Gasteiger partial charge is 0.463 e. The Balaban J connectivity index is 1.89. The molecule has 9 nitrogen and oxygen atoms in total. The monoisotopic (exact) mass is 447 g/mol. The van der Waals surface area contributed by atoms with Gasteiger partial charge >= 0.3 is 5.69 Å². The van der Waals surface area contributed by atoms with E-state index in [2.05, 4.69) is 9.97 Å². The Labute approximate surface area is 189 Å². The summed E-state index contributed by atoms with van der Waals surface area (Å²) >= 11 is 0. The van der Waals surface area contributed by atoms with Crippen LogP contribution in [0.5, 0.6) is 0 Å². The summed E-state index contributed by atoms with van der Waals surface area (Å²) in [6, 6.07) is 12.4. The highest BCUT2D eigenvalue weighted by molar-refractivity contribution is 6.14. The van der Waals surface area contributed by atoms with Crippen molar-refractivity contribution in [1.82, 2.24) is 14.5 Å². The summed E-state index contributed by atoms with van der Waals surface area (Å²) in [5, 5.41) is 0.630. The molecule has 3 heterocycles. The quantitative estimate of drug-likeness (QED) is 0.447. The molecule has 4 aromatic rings. The van der Waals surface area contributed by atoms with Gasteiger partial charge in [-0.3, -0.25) is 19.1 Å². The number of aromatic amines is 1. The van der Waals surface area contributed by atoms with Gasteiger partial charge in [0.05, 0.1) is 17.3 Å². The first-order valence-corrected chi connectivity index (χ1v) is 10.8. The number of carbonyl (C=O) groups excluding carboxylic acids is 1. The van der Waals surface area contributed by atoms with Crippen LogP contribution in [0.1, 0.15) is 37.0 Å². The minimum atomic E-state index is -0.704. The van der Waals surface area contributed by atoms with Gasteiger partial charge in [-0.05, 0) is 37.6 Å². The molecule has 0 fully saturated rings. The predicted molar refractivity (Wildman–Crippen MR) is 127 cm³/mol. The van der Waals surface area contributed by atoms with Crippen molar-refractivity contribution in [1.29, 1.82) is 0 Å². The number of nitrogens with one attached hydrogen (secondary N) is 1. The molecule has 0 saturated heterocycles. The van der Waals surface area contributed by atoms with E-state index >= 15 is 0 Å². The molecule has 1 aromatic carbocycles. The molecule has 33 heavy (non-hydrogen) atoms. The molecule has 3 N–H and O–H groups in total. The summed E-state index contributed by atoms with van der Waals surface area (Å²) in [7, 11) is 0. The minimum absolute atomic E-state index is 0.0305. The molecule has 1 amide bonds. The van der Waals surface area contributed by atoms with Gasteiger partial charge in [-0.15, -0.1) is 0 Å². The Hall–Kier alpha value is -4.14. The summed E-state index contributed by atoms with van der Waals surface area (Å²) in [5.41, 5.74) is 6.37. The molecule has 0 aliphatic carbocycles. The normalized spacial score (nSPS) is 11.1. The number of aromatic nitrogens is 3. The van der Waals surface area contributed by atoms with Crippen molar-refractivity contribution < 1.29 is 9.21 Å². The van der Waals surface area contributed by atoms with Crippen molar-refractivity contribution in [2.24, 2.45) is 0 Å². The maximum absolute atomic E-state index is 13.8. The summed E-state index contributed by atoms with van der Waals surface area (Å²) in [4.78, 5) is 47.1. The van der Waals surface area contributed by atoms with Crippen LogP contribution in [0, 0.1) is 0 Å². The van der Waals surface area contributed by atoms with Crippen LogP contribution in [-0.4, -0.2) is 27.0 Å². The first-order chi connectivity index (χ1) is 16.0. The van der Waals surface area contributed by atoms with Crippen LogP contribution in [0.25, 0.3) is 22.4 Å². The molecule has 170 valence electrons. The number of unbranched alkanes of at least 4 members (excludes halogenated alkanes) is 1. The van der Waals surface area contributed by atoms with E-state index in [1.54, 1.807) is 37.3 Å². The van der Waals surface area contributed by atoms with Crippen LogP contribution in [0.3, 0.4) is 0 Å². The fourth-order valence-corrected chi connectivity index (χ4v) is 3.83. The van der Waals surface area contributed by atoms with Gasteiger partial charge in [0.25, 0.3) is 11.5 Å². The Bertz CT molecular complexity index is 1420. The molecular weight excluding hydrogens is 422 g/mol. The Morgan fingerprint density at radius 3 is 2.67 bits per heavy atom. The lowest BCUT2D eigenvalue weighted by Crippen LogP contribution is -2.41. The SMILES string of the molecule is CCCCn1c(N)c(N(CC)C(=O)c2cc(-c3ccco3)nc3ccccc23)c(=O)[nH]c1=O. The fourth-order valence-electron chi connectivity index (χ4n) is 3.83. The van der Waals surface area contributed by atoms with E-state index in [0.29, 0.717) is 40.9 Å².